The third kappa shape index (κ3) is 2.11. The molecule has 0 unspecified atom stereocenters. The highest BCUT2D eigenvalue weighted by Crippen LogP contribution is 2.19. The third-order valence-corrected chi connectivity index (χ3v) is 1.84. The van der Waals surface area contributed by atoms with Crippen molar-refractivity contribution in [2.45, 2.75) is 0 Å². The molecule has 0 fully saturated rings. The summed E-state index contributed by atoms with van der Waals surface area (Å²) in [5, 5.41) is 13.0. The molecule has 0 aliphatic heterocycles. The normalized spacial score (nSPS) is 9.07. The highest BCUT2D eigenvalue weighted by molar-refractivity contribution is 5.94. The number of nitro benzene ring substituents is 1. The molecule has 5 heteroatoms. The Kier molecular flexibility index (Phi) is 3.03. The van der Waals surface area contributed by atoms with Crippen LogP contribution >= 0.6 is 0 Å². The fourth-order valence-electron chi connectivity index (χ4n) is 1.09. The van der Waals surface area contributed by atoms with Gasteiger partial charge in [-0.1, -0.05) is 5.92 Å². The van der Waals surface area contributed by atoms with E-state index in [1.165, 1.54) is 19.2 Å². The summed E-state index contributed by atoms with van der Waals surface area (Å²) in [6.07, 6.45) is 5.09. The van der Waals surface area contributed by atoms with Crippen LogP contribution in [0.2, 0.25) is 0 Å². The van der Waals surface area contributed by atoms with E-state index >= 15 is 0 Å². The van der Waals surface area contributed by atoms with Gasteiger partial charge in [0.1, 0.15) is 5.56 Å². The van der Waals surface area contributed by atoms with Crippen LogP contribution in [0.15, 0.2) is 18.2 Å². The molecule has 0 saturated carbocycles. The highest BCUT2D eigenvalue weighted by atomic mass is 16.6. The van der Waals surface area contributed by atoms with Crippen LogP contribution in [-0.4, -0.2) is 17.9 Å². The van der Waals surface area contributed by atoms with Gasteiger partial charge in [0, 0.05) is 18.7 Å². The number of terminal acetylenes is 1. The Labute approximate surface area is 86.3 Å². The number of rotatable bonds is 2. The van der Waals surface area contributed by atoms with E-state index in [2.05, 4.69) is 11.2 Å². The summed E-state index contributed by atoms with van der Waals surface area (Å²) in [5.74, 6) is 1.80. The fourth-order valence-corrected chi connectivity index (χ4v) is 1.09. The molecule has 1 aromatic carbocycles. The zero-order valence-electron chi connectivity index (χ0n) is 7.98. The van der Waals surface area contributed by atoms with Gasteiger partial charge in [-0.3, -0.25) is 14.9 Å². The average molecular weight is 204 g/mol. The average Bonchev–Trinajstić information content (AvgIpc) is 2.27. The molecule has 1 aromatic rings. The largest absolute Gasteiger partial charge is 0.355 e. The van der Waals surface area contributed by atoms with Crippen LogP contribution in [0.25, 0.3) is 0 Å². The van der Waals surface area contributed by atoms with E-state index in [0.717, 1.165) is 6.07 Å². The lowest BCUT2D eigenvalue weighted by molar-refractivity contribution is -0.385. The molecular formula is C10H8N2O3. The maximum Gasteiger partial charge on any atom is 0.285 e. The summed E-state index contributed by atoms with van der Waals surface area (Å²) in [7, 11) is 1.45. The Morgan fingerprint density at radius 3 is 2.73 bits per heavy atom. The molecule has 1 amide bonds. The molecule has 5 nitrogen and oxygen atoms in total. The Hall–Kier alpha value is -2.35. The predicted octanol–water partition coefficient (Wildman–Crippen LogP) is 0.936. The summed E-state index contributed by atoms with van der Waals surface area (Å²) >= 11 is 0. The van der Waals surface area contributed by atoms with Crippen molar-refractivity contribution in [2.24, 2.45) is 0 Å². The first-order valence-corrected chi connectivity index (χ1v) is 4.07. The summed E-state index contributed by atoms with van der Waals surface area (Å²) in [6.45, 7) is 0. The monoisotopic (exact) mass is 204 g/mol. The minimum atomic E-state index is -0.609. The van der Waals surface area contributed by atoms with Gasteiger partial charge in [-0.2, -0.15) is 0 Å². The molecule has 15 heavy (non-hydrogen) atoms. The lowest BCUT2D eigenvalue weighted by Gasteiger charge is -2.00. The van der Waals surface area contributed by atoms with Crippen molar-refractivity contribution < 1.29 is 9.72 Å². The standard InChI is InChI=1S/C10H8N2O3/c1-3-7-4-5-8(10(13)11-2)6-9(7)12(14)15/h1,4-6H,2H3,(H,11,13). The van der Waals surface area contributed by atoms with E-state index in [1.807, 2.05) is 0 Å². The van der Waals surface area contributed by atoms with Crippen molar-refractivity contribution in [1.29, 1.82) is 0 Å². The molecule has 0 heterocycles. The lowest BCUT2D eigenvalue weighted by Crippen LogP contribution is -2.17. The molecule has 1 rings (SSSR count). The SMILES string of the molecule is C#Cc1ccc(C(=O)NC)cc1[N+](=O)[O-]. The van der Waals surface area contributed by atoms with Gasteiger partial charge in [0.2, 0.25) is 0 Å². The van der Waals surface area contributed by atoms with E-state index in [0.29, 0.717) is 0 Å². The second kappa shape index (κ2) is 4.24. The van der Waals surface area contributed by atoms with Gasteiger partial charge in [0.25, 0.3) is 11.6 Å². The molecule has 0 atom stereocenters. The zero-order valence-corrected chi connectivity index (χ0v) is 7.98. The fraction of sp³-hybridized carbons (Fsp3) is 0.100. The summed E-state index contributed by atoms with van der Waals surface area (Å²) in [4.78, 5) is 21.2. The Morgan fingerprint density at radius 2 is 2.27 bits per heavy atom. The van der Waals surface area contributed by atoms with E-state index in [4.69, 9.17) is 6.42 Å². The number of carbonyl (C=O) groups excluding carboxylic acids is 1. The van der Waals surface area contributed by atoms with Crippen molar-refractivity contribution in [1.82, 2.24) is 5.32 Å². The van der Waals surface area contributed by atoms with Crippen LogP contribution in [0.1, 0.15) is 15.9 Å². The molecule has 0 bridgehead atoms. The predicted molar refractivity (Wildman–Crippen MR) is 54.4 cm³/mol. The molecule has 1 N–H and O–H groups in total. The number of amides is 1. The number of nitro groups is 1. The van der Waals surface area contributed by atoms with Gasteiger partial charge in [0.05, 0.1) is 4.92 Å². The maximum absolute atomic E-state index is 11.2. The number of hydrogen-bond donors (Lipinski definition) is 1. The Bertz CT molecular complexity index is 460. The van der Waals surface area contributed by atoms with Gasteiger partial charge >= 0.3 is 0 Å². The molecule has 0 aliphatic rings. The van der Waals surface area contributed by atoms with Crippen molar-refractivity contribution in [3.63, 3.8) is 0 Å². The minimum absolute atomic E-state index is 0.160. The topological polar surface area (TPSA) is 72.2 Å². The number of hydrogen-bond acceptors (Lipinski definition) is 3. The van der Waals surface area contributed by atoms with Crippen molar-refractivity contribution in [3.8, 4) is 12.3 Å². The van der Waals surface area contributed by atoms with Crippen molar-refractivity contribution in [2.75, 3.05) is 7.05 Å². The Morgan fingerprint density at radius 1 is 1.60 bits per heavy atom. The smallest absolute Gasteiger partial charge is 0.285 e. The van der Waals surface area contributed by atoms with Crippen molar-refractivity contribution >= 4 is 11.6 Å². The van der Waals surface area contributed by atoms with E-state index < -0.39 is 4.92 Å². The van der Waals surface area contributed by atoms with Crippen LogP contribution in [0.4, 0.5) is 5.69 Å². The zero-order chi connectivity index (χ0) is 11.4. The number of nitrogens with one attached hydrogen (secondary N) is 1. The maximum atomic E-state index is 11.2. The van der Waals surface area contributed by atoms with Gasteiger partial charge in [-0.25, -0.2) is 0 Å². The summed E-state index contributed by atoms with van der Waals surface area (Å²) in [6, 6.07) is 3.98. The highest BCUT2D eigenvalue weighted by Gasteiger charge is 2.15. The van der Waals surface area contributed by atoms with Gasteiger partial charge in [-0.05, 0) is 12.1 Å². The molecule has 0 aliphatic carbocycles. The number of nitrogens with zero attached hydrogens (tertiary/aromatic N) is 1. The summed E-state index contributed by atoms with van der Waals surface area (Å²) < 4.78 is 0. The second-order valence-corrected chi connectivity index (χ2v) is 2.71. The van der Waals surface area contributed by atoms with Gasteiger partial charge in [0.15, 0.2) is 0 Å². The van der Waals surface area contributed by atoms with E-state index in [1.54, 1.807) is 0 Å². The van der Waals surface area contributed by atoms with Gasteiger partial charge < -0.3 is 5.32 Å². The lowest BCUT2D eigenvalue weighted by atomic mass is 10.1. The van der Waals surface area contributed by atoms with Crippen LogP contribution in [0, 0.1) is 22.5 Å². The van der Waals surface area contributed by atoms with Gasteiger partial charge in [-0.15, -0.1) is 6.42 Å². The first kappa shape index (κ1) is 10.7. The third-order valence-electron chi connectivity index (χ3n) is 1.84. The van der Waals surface area contributed by atoms with Crippen LogP contribution in [0.5, 0.6) is 0 Å². The molecule has 0 aromatic heterocycles. The van der Waals surface area contributed by atoms with E-state index in [-0.39, 0.29) is 22.7 Å². The first-order valence-electron chi connectivity index (χ1n) is 4.07. The minimum Gasteiger partial charge on any atom is -0.355 e. The molecular weight excluding hydrogens is 196 g/mol. The Balaban J connectivity index is 3.29. The molecule has 76 valence electrons. The van der Waals surface area contributed by atoms with Crippen LogP contribution < -0.4 is 5.32 Å². The quantitative estimate of drug-likeness (QED) is 0.442. The second-order valence-electron chi connectivity index (χ2n) is 2.71. The number of benzene rings is 1. The number of carbonyl (C=O) groups is 1. The summed E-state index contributed by atoms with van der Waals surface area (Å²) in [5.41, 5.74) is 0.134. The molecule has 0 radical (unpaired) electrons. The van der Waals surface area contributed by atoms with Crippen LogP contribution in [0.3, 0.4) is 0 Å². The van der Waals surface area contributed by atoms with E-state index in [9.17, 15) is 14.9 Å². The first-order chi connectivity index (χ1) is 7.10. The molecule has 0 spiro atoms. The van der Waals surface area contributed by atoms with Crippen LogP contribution in [-0.2, 0) is 0 Å². The van der Waals surface area contributed by atoms with Crippen molar-refractivity contribution in [3.05, 3.63) is 39.4 Å². The molecule has 0 saturated heterocycles.